The minimum atomic E-state index is -0.724. The van der Waals surface area contributed by atoms with E-state index in [1.165, 1.54) is 0 Å². The van der Waals surface area contributed by atoms with Gasteiger partial charge in [-0.15, -0.1) is 11.8 Å². The summed E-state index contributed by atoms with van der Waals surface area (Å²) in [6.45, 7) is 16.2. The minimum Gasteiger partial charge on any atom is -0.466 e. The Morgan fingerprint density at radius 3 is 2.39 bits per heavy atom. The quantitative estimate of drug-likeness (QED) is 0.516. The number of carbonyl (C=O) groups is 3. The molecule has 0 aromatic heterocycles. The monoisotopic (exact) mass is 482 g/mol. The lowest BCUT2D eigenvalue weighted by Crippen LogP contribution is -2.60. The lowest BCUT2D eigenvalue weighted by molar-refractivity contribution is -0.155. The number of hydrogen-bond donors (Lipinski definition) is 2. The molecule has 33 heavy (non-hydrogen) atoms. The topological polar surface area (TPSA) is 95.9 Å². The Labute approximate surface area is 202 Å². The van der Waals surface area contributed by atoms with Crippen LogP contribution in [0.25, 0.3) is 0 Å². The average molecular weight is 483 g/mol. The third kappa shape index (κ3) is 4.42. The Morgan fingerprint density at radius 1 is 1.24 bits per heavy atom. The zero-order valence-corrected chi connectivity index (χ0v) is 22.3. The van der Waals surface area contributed by atoms with Gasteiger partial charge in [0.15, 0.2) is 0 Å². The fraction of sp³-hybridized carbons (Fsp3) is 0.880. The number of amides is 2. The second-order valence-electron chi connectivity index (χ2n) is 12.1. The molecule has 3 aliphatic heterocycles. The van der Waals surface area contributed by atoms with Crippen molar-refractivity contribution in [2.24, 2.45) is 17.3 Å². The second kappa shape index (κ2) is 8.74. The molecule has 3 fully saturated rings. The minimum absolute atomic E-state index is 0.0167. The molecule has 3 saturated heterocycles. The van der Waals surface area contributed by atoms with Crippen LogP contribution in [-0.2, 0) is 19.1 Å². The number of carbonyl (C=O) groups excluding carboxylic acids is 3. The van der Waals surface area contributed by atoms with Crippen LogP contribution in [0.3, 0.4) is 0 Å². The highest BCUT2D eigenvalue weighted by molar-refractivity contribution is 8.02. The highest BCUT2D eigenvalue weighted by atomic mass is 32.2. The molecule has 7 nitrogen and oxygen atoms in total. The molecule has 6 atom stereocenters. The van der Waals surface area contributed by atoms with Gasteiger partial charge in [-0.3, -0.25) is 14.4 Å². The normalized spacial score (nSPS) is 34.4. The van der Waals surface area contributed by atoms with Gasteiger partial charge in [0.25, 0.3) is 0 Å². The van der Waals surface area contributed by atoms with Crippen LogP contribution in [0.5, 0.6) is 0 Å². The van der Waals surface area contributed by atoms with Gasteiger partial charge in [-0.2, -0.15) is 0 Å². The highest BCUT2D eigenvalue weighted by Crippen LogP contribution is 2.71. The fourth-order valence-electron chi connectivity index (χ4n) is 6.83. The lowest BCUT2D eigenvalue weighted by Gasteiger charge is -2.40. The van der Waals surface area contributed by atoms with Crippen molar-refractivity contribution < 1.29 is 24.2 Å². The van der Waals surface area contributed by atoms with Crippen molar-refractivity contribution in [1.82, 2.24) is 10.2 Å². The van der Waals surface area contributed by atoms with Crippen molar-refractivity contribution >= 4 is 29.5 Å². The molecular weight excluding hydrogens is 440 g/mol. The van der Waals surface area contributed by atoms with Crippen molar-refractivity contribution in [3.8, 4) is 0 Å². The predicted octanol–water partition coefficient (Wildman–Crippen LogP) is 3.13. The van der Waals surface area contributed by atoms with Gasteiger partial charge in [0.2, 0.25) is 11.8 Å². The number of esters is 1. The molecule has 2 bridgehead atoms. The van der Waals surface area contributed by atoms with E-state index in [4.69, 9.17) is 4.74 Å². The number of nitrogens with one attached hydrogen (secondary N) is 1. The first-order valence-electron chi connectivity index (χ1n) is 12.3. The van der Waals surface area contributed by atoms with E-state index in [1.54, 1.807) is 23.6 Å². The summed E-state index contributed by atoms with van der Waals surface area (Å²) >= 11 is 1.63. The number of ether oxygens (including phenoxy) is 1. The summed E-state index contributed by atoms with van der Waals surface area (Å²) in [6, 6.07) is -1.19. The van der Waals surface area contributed by atoms with E-state index in [1.807, 2.05) is 27.7 Å². The molecule has 8 heteroatoms. The Kier molecular flexibility index (Phi) is 6.97. The maximum Gasteiger partial charge on any atom is 0.311 e. The van der Waals surface area contributed by atoms with Crippen molar-refractivity contribution in [1.29, 1.82) is 0 Å². The van der Waals surface area contributed by atoms with E-state index in [2.05, 4.69) is 26.1 Å². The van der Waals surface area contributed by atoms with Gasteiger partial charge >= 0.3 is 5.97 Å². The van der Waals surface area contributed by atoms with Crippen LogP contribution >= 0.6 is 11.8 Å². The molecule has 188 valence electrons. The van der Waals surface area contributed by atoms with Gasteiger partial charge in [0.1, 0.15) is 6.04 Å². The highest BCUT2D eigenvalue weighted by Gasteiger charge is 2.78. The number of thioether (sulfide) groups is 1. The molecule has 0 aromatic rings. The number of nitrogens with zero attached hydrogens (tertiary/aromatic N) is 1. The van der Waals surface area contributed by atoms with Gasteiger partial charge in [-0.05, 0) is 58.8 Å². The molecule has 0 radical (unpaired) electrons. The van der Waals surface area contributed by atoms with E-state index in [0.717, 1.165) is 12.8 Å². The Bertz CT molecular complexity index is 805. The standard InChI is InChI=1S/C25H42N2O5S/c1-9-15(13-28)27-18(19(29)26-23(6,7)14-22(3,4)5)25-12-11-24(8,33-25)17(16(25)20(27)30)21(31)32-10-2/h15-18,28H,9-14H2,1-8H3,(H,26,29)/t15-,16-,17+,18?,24-,25?/m0/s1. The molecule has 3 rings (SSSR count). The summed E-state index contributed by atoms with van der Waals surface area (Å²) in [7, 11) is 0. The van der Waals surface area contributed by atoms with E-state index >= 15 is 0 Å². The number of hydrogen-bond acceptors (Lipinski definition) is 6. The van der Waals surface area contributed by atoms with E-state index < -0.39 is 39.0 Å². The Morgan fingerprint density at radius 2 is 1.88 bits per heavy atom. The Hall–Kier alpha value is -1.28. The second-order valence-corrected chi connectivity index (χ2v) is 14.0. The largest absolute Gasteiger partial charge is 0.466 e. The molecule has 2 amide bonds. The first kappa shape index (κ1) is 26.3. The maximum absolute atomic E-state index is 14.0. The third-order valence-corrected chi connectivity index (χ3v) is 9.50. The molecule has 2 N–H and O–H groups in total. The molecule has 2 unspecified atom stereocenters. The van der Waals surface area contributed by atoms with E-state index in [9.17, 15) is 19.5 Å². The van der Waals surface area contributed by atoms with Crippen LogP contribution in [0.2, 0.25) is 0 Å². The molecular formula is C25H42N2O5S. The summed E-state index contributed by atoms with van der Waals surface area (Å²) in [5.74, 6) is -1.92. The zero-order valence-electron chi connectivity index (χ0n) is 21.5. The van der Waals surface area contributed by atoms with E-state index in [0.29, 0.717) is 12.8 Å². The summed E-state index contributed by atoms with van der Waals surface area (Å²) in [4.78, 5) is 42.5. The molecule has 1 spiro atoms. The van der Waals surface area contributed by atoms with Crippen LogP contribution in [0, 0.1) is 17.3 Å². The number of likely N-dealkylation sites (tertiary alicyclic amines) is 1. The van der Waals surface area contributed by atoms with Gasteiger partial charge in [-0.1, -0.05) is 27.7 Å². The third-order valence-electron chi connectivity index (χ3n) is 7.51. The molecule has 0 aliphatic carbocycles. The van der Waals surface area contributed by atoms with Crippen LogP contribution in [0.4, 0.5) is 0 Å². The zero-order chi connectivity index (χ0) is 25.0. The van der Waals surface area contributed by atoms with E-state index in [-0.39, 0.29) is 36.4 Å². The Balaban J connectivity index is 2.04. The first-order valence-corrected chi connectivity index (χ1v) is 13.1. The number of fused-ring (bicyclic) bond motifs is 1. The summed E-state index contributed by atoms with van der Waals surface area (Å²) in [6.07, 6.45) is 2.75. The predicted molar refractivity (Wildman–Crippen MR) is 130 cm³/mol. The van der Waals surface area contributed by atoms with Crippen LogP contribution in [0.15, 0.2) is 0 Å². The lowest BCUT2D eigenvalue weighted by atomic mass is 9.66. The summed E-state index contributed by atoms with van der Waals surface area (Å²) < 4.78 is 4.29. The smallest absolute Gasteiger partial charge is 0.311 e. The summed E-state index contributed by atoms with van der Waals surface area (Å²) in [5, 5.41) is 13.3. The SMILES string of the molecule is CCOC(=O)[C@H]1[C@H]2C(=O)N([C@@H](CC)CO)C(C(=O)NC(C)(C)CC(C)(C)C)C23CC[C@]1(C)S3. The summed E-state index contributed by atoms with van der Waals surface area (Å²) in [5.41, 5.74) is -0.450. The number of aliphatic hydroxyl groups excluding tert-OH is 1. The number of rotatable bonds is 8. The van der Waals surface area contributed by atoms with Crippen LogP contribution in [0.1, 0.15) is 81.1 Å². The van der Waals surface area contributed by atoms with Gasteiger partial charge < -0.3 is 20.1 Å². The number of aliphatic hydroxyl groups is 1. The molecule has 0 saturated carbocycles. The van der Waals surface area contributed by atoms with Gasteiger partial charge in [-0.25, -0.2) is 0 Å². The van der Waals surface area contributed by atoms with Crippen molar-refractivity contribution in [2.45, 2.75) is 108 Å². The molecule has 3 aliphatic rings. The van der Waals surface area contributed by atoms with Crippen molar-refractivity contribution in [2.75, 3.05) is 13.2 Å². The van der Waals surface area contributed by atoms with Gasteiger partial charge in [0.05, 0.1) is 35.8 Å². The molecule has 3 heterocycles. The van der Waals surface area contributed by atoms with Crippen LogP contribution < -0.4 is 5.32 Å². The average Bonchev–Trinajstić information content (AvgIpc) is 3.22. The maximum atomic E-state index is 14.0. The van der Waals surface area contributed by atoms with Gasteiger partial charge in [0, 0.05) is 10.3 Å². The van der Waals surface area contributed by atoms with Crippen LogP contribution in [-0.4, -0.2) is 68.1 Å². The fourth-order valence-corrected chi connectivity index (χ4v) is 9.16. The molecule has 0 aromatic carbocycles. The first-order chi connectivity index (χ1) is 15.2. The van der Waals surface area contributed by atoms with Crippen molar-refractivity contribution in [3.63, 3.8) is 0 Å². The van der Waals surface area contributed by atoms with Crippen molar-refractivity contribution in [3.05, 3.63) is 0 Å².